The Balaban J connectivity index is 1.33. The third-order valence-electron chi connectivity index (χ3n) is 3.86. The van der Waals surface area contributed by atoms with E-state index in [0.29, 0.717) is 28.6 Å². The van der Waals surface area contributed by atoms with Crippen molar-refractivity contribution in [3.8, 4) is 17.4 Å². The lowest BCUT2D eigenvalue weighted by molar-refractivity contribution is -0.118. The first-order valence-electron chi connectivity index (χ1n) is 8.66. The molecule has 0 unspecified atom stereocenters. The van der Waals surface area contributed by atoms with Crippen LogP contribution in [0, 0.1) is 0 Å². The van der Waals surface area contributed by atoms with Gasteiger partial charge in [-0.15, -0.1) is 0 Å². The first-order chi connectivity index (χ1) is 14.2. The highest BCUT2D eigenvalue weighted by Gasteiger charge is 2.06. The van der Waals surface area contributed by atoms with Gasteiger partial charge in [-0.25, -0.2) is 9.78 Å². The molecule has 1 N–H and O–H groups in total. The van der Waals surface area contributed by atoms with Gasteiger partial charge in [-0.3, -0.25) is 9.78 Å². The molecular formula is C21H15N3O5. The highest BCUT2D eigenvalue weighted by Crippen LogP contribution is 2.21. The molecule has 1 amide bonds. The Hall–Kier alpha value is -4.20. The molecule has 29 heavy (non-hydrogen) atoms. The number of anilines is 1. The van der Waals surface area contributed by atoms with Crippen molar-refractivity contribution in [1.29, 1.82) is 0 Å². The number of fused-ring (bicyclic) bond motifs is 1. The molecule has 8 nitrogen and oxygen atoms in total. The standard InChI is InChI=1S/C21H15N3O5/c25-19(13-27-17-5-1-14-2-8-21(26)29-18(14)11-17)24-15-3-6-16(7-4-15)28-20-12-22-9-10-23-20/h1-12H,13H2,(H,24,25). The van der Waals surface area contributed by atoms with Crippen LogP contribution < -0.4 is 20.4 Å². The fraction of sp³-hybridized carbons (Fsp3) is 0.0476. The average molecular weight is 389 g/mol. The topological polar surface area (TPSA) is 104 Å². The second kappa shape index (κ2) is 8.22. The first kappa shape index (κ1) is 18.2. The average Bonchev–Trinajstić information content (AvgIpc) is 2.74. The number of aromatic nitrogens is 2. The summed E-state index contributed by atoms with van der Waals surface area (Å²) in [6.45, 7) is -0.194. The molecule has 0 spiro atoms. The zero-order chi connectivity index (χ0) is 20.1. The number of carbonyl (C=O) groups is 1. The number of rotatable bonds is 6. The zero-order valence-corrected chi connectivity index (χ0v) is 15.1. The minimum atomic E-state index is -0.445. The fourth-order valence-electron chi connectivity index (χ4n) is 2.54. The molecule has 0 saturated heterocycles. The normalized spacial score (nSPS) is 10.5. The van der Waals surface area contributed by atoms with E-state index in [-0.39, 0.29) is 12.5 Å². The van der Waals surface area contributed by atoms with Gasteiger partial charge in [-0.1, -0.05) is 0 Å². The summed E-state index contributed by atoms with van der Waals surface area (Å²) in [5.74, 6) is 1.04. The van der Waals surface area contributed by atoms with Crippen LogP contribution in [0.25, 0.3) is 11.0 Å². The van der Waals surface area contributed by atoms with Gasteiger partial charge in [0.25, 0.3) is 5.91 Å². The van der Waals surface area contributed by atoms with E-state index < -0.39 is 5.63 Å². The highest BCUT2D eigenvalue weighted by atomic mass is 16.5. The molecule has 4 rings (SSSR count). The van der Waals surface area contributed by atoms with Crippen molar-refractivity contribution in [3.05, 3.63) is 83.6 Å². The maximum atomic E-state index is 12.1. The Morgan fingerprint density at radius 1 is 1.00 bits per heavy atom. The number of amides is 1. The van der Waals surface area contributed by atoms with Crippen LogP contribution in [0.5, 0.6) is 17.4 Å². The predicted octanol–water partition coefficient (Wildman–Crippen LogP) is 3.39. The monoisotopic (exact) mass is 389 g/mol. The van der Waals surface area contributed by atoms with Crippen LogP contribution in [0.15, 0.2) is 82.4 Å². The van der Waals surface area contributed by atoms with Crippen LogP contribution in [0.1, 0.15) is 0 Å². The summed E-state index contributed by atoms with van der Waals surface area (Å²) in [6.07, 6.45) is 4.60. The molecule has 144 valence electrons. The largest absolute Gasteiger partial charge is 0.484 e. The molecule has 0 atom stereocenters. The van der Waals surface area contributed by atoms with E-state index in [4.69, 9.17) is 13.9 Å². The van der Waals surface area contributed by atoms with Crippen LogP contribution in [-0.2, 0) is 4.79 Å². The Morgan fingerprint density at radius 3 is 2.59 bits per heavy atom. The molecule has 4 aromatic rings. The molecule has 2 aromatic heterocycles. The number of benzene rings is 2. The molecular weight excluding hydrogens is 374 g/mol. The Morgan fingerprint density at radius 2 is 1.79 bits per heavy atom. The molecule has 0 aliphatic rings. The van der Waals surface area contributed by atoms with E-state index >= 15 is 0 Å². The van der Waals surface area contributed by atoms with Crippen LogP contribution in [0.3, 0.4) is 0 Å². The number of nitrogens with one attached hydrogen (secondary N) is 1. The van der Waals surface area contributed by atoms with Gasteiger partial charge in [-0.05, 0) is 42.5 Å². The minimum Gasteiger partial charge on any atom is -0.484 e. The van der Waals surface area contributed by atoms with Gasteiger partial charge < -0.3 is 19.2 Å². The minimum absolute atomic E-state index is 0.194. The van der Waals surface area contributed by atoms with Crippen molar-refractivity contribution in [2.45, 2.75) is 0 Å². The second-order valence-electron chi connectivity index (χ2n) is 5.96. The summed E-state index contributed by atoms with van der Waals surface area (Å²) in [6, 6.07) is 14.9. The molecule has 0 bridgehead atoms. The third kappa shape index (κ3) is 4.75. The van der Waals surface area contributed by atoms with Gasteiger partial charge in [0, 0.05) is 35.6 Å². The third-order valence-corrected chi connectivity index (χ3v) is 3.86. The maximum Gasteiger partial charge on any atom is 0.336 e. The quantitative estimate of drug-likeness (QED) is 0.504. The molecule has 2 aromatic carbocycles. The van der Waals surface area contributed by atoms with E-state index in [9.17, 15) is 9.59 Å². The fourth-order valence-corrected chi connectivity index (χ4v) is 2.54. The number of ether oxygens (including phenoxy) is 2. The number of hydrogen-bond acceptors (Lipinski definition) is 7. The number of nitrogens with zero attached hydrogens (tertiary/aromatic N) is 2. The van der Waals surface area contributed by atoms with Crippen molar-refractivity contribution in [3.63, 3.8) is 0 Å². The lowest BCUT2D eigenvalue weighted by Crippen LogP contribution is -2.20. The van der Waals surface area contributed by atoms with E-state index in [2.05, 4.69) is 15.3 Å². The summed E-state index contributed by atoms with van der Waals surface area (Å²) in [4.78, 5) is 31.4. The van der Waals surface area contributed by atoms with E-state index in [1.807, 2.05) is 0 Å². The summed E-state index contributed by atoms with van der Waals surface area (Å²) in [5.41, 5.74) is 0.544. The highest BCUT2D eigenvalue weighted by molar-refractivity contribution is 5.92. The van der Waals surface area contributed by atoms with Crippen molar-refractivity contribution < 1.29 is 18.7 Å². The van der Waals surface area contributed by atoms with Crippen LogP contribution >= 0.6 is 0 Å². The van der Waals surface area contributed by atoms with Gasteiger partial charge in [0.2, 0.25) is 5.88 Å². The Labute approximate surface area is 164 Å². The van der Waals surface area contributed by atoms with Crippen molar-refractivity contribution in [1.82, 2.24) is 9.97 Å². The SMILES string of the molecule is O=C(COc1ccc2ccc(=O)oc2c1)Nc1ccc(Oc2cnccn2)cc1. The molecule has 0 aliphatic carbocycles. The molecule has 2 heterocycles. The number of hydrogen-bond donors (Lipinski definition) is 1. The van der Waals surface area contributed by atoms with E-state index in [0.717, 1.165) is 5.39 Å². The van der Waals surface area contributed by atoms with Crippen molar-refractivity contribution >= 4 is 22.6 Å². The van der Waals surface area contributed by atoms with Gasteiger partial charge in [0.05, 0.1) is 6.20 Å². The van der Waals surface area contributed by atoms with Crippen LogP contribution in [-0.4, -0.2) is 22.5 Å². The van der Waals surface area contributed by atoms with Gasteiger partial charge in [0.15, 0.2) is 6.61 Å². The summed E-state index contributed by atoms with van der Waals surface area (Å²) < 4.78 is 16.1. The number of carbonyl (C=O) groups excluding carboxylic acids is 1. The molecule has 0 fully saturated rings. The van der Waals surface area contributed by atoms with Crippen LogP contribution in [0.4, 0.5) is 5.69 Å². The van der Waals surface area contributed by atoms with Crippen molar-refractivity contribution in [2.75, 3.05) is 11.9 Å². The lowest BCUT2D eigenvalue weighted by Gasteiger charge is -2.09. The Kier molecular flexibility index (Phi) is 5.15. The van der Waals surface area contributed by atoms with Crippen LogP contribution in [0.2, 0.25) is 0 Å². The van der Waals surface area contributed by atoms with E-state index in [1.54, 1.807) is 54.7 Å². The van der Waals surface area contributed by atoms with Crippen molar-refractivity contribution in [2.24, 2.45) is 0 Å². The molecule has 0 saturated carbocycles. The summed E-state index contributed by atoms with van der Waals surface area (Å²) >= 11 is 0. The van der Waals surface area contributed by atoms with Gasteiger partial charge >= 0.3 is 5.63 Å². The lowest BCUT2D eigenvalue weighted by atomic mass is 10.2. The summed E-state index contributed by atoms with van der Waals surface area (Å²) in [5, 5.41) is 3.50. The first-order valence-corrected chi connectivity index (χ1v) is 8.66. The van der Waals surface area contributed by atoms with E-state index in [1.165, 1.54) is 18.5 Å². The molecule has 8 heteroatoms. The van der Waals surface area contributed by atoms with Gasteiger partial charge in [-0.2, -0.15) is 0 Å². The van der Waals surface area contributed by atoms with Gasteiger partial charge in [0.1, 0.15) is 17.1 Å². The molecule has 0 aliphatic heterocycles. The zero-order valence-electron chi connectivity index (χ0n) is 15.1. The Bertz CT molecular complexity index is 1190. The maximum absolute atomic E-state index is 12.1. The predicted molar refractivity (Wildman–Crippen MR) is 105 cm³/mol. The second-order valence-corrected chi connectivity index (χ2v) is 5.96. The smallest absolute Gasteiger partial charge is 0.336 e. The molecule has 0 radical (unpaired) electrons. The summed E-state index contributed by atoms with van der Waals surface area (Å²) in [7, 11) is 0.